The van der Waals surface area contributed by atoms with Crippen LogP contribution in [0.25, 0.3) is 0 Å². The molecule has 5 nitrogen and oxygen atoms in total. The summed E-state index contributed by atoms with van der Waals surface area (Å²) in [4.78, 5) is 14.6. The van der Waals surface area contributed by atoms with Gasteiger partial charge >= 0.3 is 0 Å². The van der Waals surface area contributed by atoms with Crippen molar-refractivity contribution in [3.63, 3.8) is 0 Å². The Morgan fingerprint density at radius 1 is 1.36 bits per heavy atom. The number of hydrogen-bond donors (Lipinski definition) is 1. The number of aromatic nitrogens is 2. The van der Waals surface area contributed by atoms with Gasteiger partial charge in [-0.3, -0.25) is 9.69 Å². The van der Waals surface area contributed by atoms with Crippen molar-refractivity contribution in [1.29, 1.82) is 0 Å². The Balaban J connectivity index is 1.75. The van der Waals surface area contributed by atoms with Crippen molar-refractivity contribution in [2.45, 2.75) is 31.2 Å². The average Bonchev–Trinajstić information content (AvgIpc) is 3.03. The molecule has 3 rings (SSSR count). The first-order chi connectivity index (χ1) is 10.6. The summed E-state index contributed by atoms with van der Waals surface area (Å²) < 4.78 is 1.93. The highest BCUT2D eigenvalue weighted by Crippen LogP contribution is 2.37. The second-order valence-corrected chi connectivity index (χ2v) is 8.20. The fraction of sp³-hybridized carbons (Fsp3) is 0.733. The molecule has 0 unspecified atom stereocenters. The third-order valence-electron chi connectivity index (χ3n) is 4.90. The smallest absolute Gasteiger partial charge is 0.282 e. The number of thioether (sulfide) groups is 1. The summed E-state index contributed by atoms with van der Waals surface area (Å²) in [5.41, 5.74) is 0.960. The monoisotopic (exact) mass is 386 g/mol. The van der Waals surface area contributed by atoms with E-state index in [2.05, 4.69) is 43.0 Å². The highest BCUT2D eigenvalue weighted by atomic mass is 79.9. The van der Waals surface area contributed by atoms with E-state index < -0.39 is 0 Å². The molecule has 0 atom stereocenters. The van der Waals surface area contributed by atoms with E-state index in [1.165, 1.54) is 55.0 Å². The number of hydrogen-bond acceptors (Lipinski definition) is 5. The molecular weight excluding hydrogens is 364 g/mol. The van der Waals surface area contributed by atoms with Crippen LogP contribution >= 0.6 is 27.7 Å². The van der Waals surface area contributed by atoms with Gasteiger partial charge in [0.25, 0.3) is 5.56 Å². The molecule has 0 radical (unpaired) electrons. The Kier molecular flexibility index (Phi) is 5.14. The van der Waals surface area contributed by atoms with Gasteiger partial charge < -0.3 is 5.32 Å². The zero-order valence-corrected chi connectivity index (χ0v) is 15.4. The van der Waals surface area contributed by atoms with E-state index in [0.717, 1.165) is 12.2 Å². The normalized spacial score (nSPS) is 21.9. The number of aryl methyl sites for hydroxylation is 1. The molecule has 0 bridgehead atoms. The highest BCUT2D eigenvalue weighted by molar-refractivity contribution is 9.10. The van der Waals surface area contributed by atoms with Crippen LogP contribution in [0.2, 0.25) is 0 Å². The maximum absolute atomic E-state index is 12.0. The number of anilines is 1. The van der Waals surface area contributed by atoms with Crippen LogP contribution in [0.3, 0.4) is 0 Å². The van der Waals surface area contributed by atoms with Crippen LogP contribution in [0.15, 0.2) is 15.5 Å². The van der Waals surface area contributed by atoms with Crippen LogP contribution in [-0.2, 0) is 7.05 Å². The Morgan fingerprint density at radius 2 is 2.05 bits per heavy atom. The number of nitrogens with one attached hydrogen (secondary N) is 1. The van der Waals surface area contributed by atoms with Gasteiger partial charge in [0.05, 0.1) is 11.9 Å². The van der Waals surface area contributed by atoms with E-state index in [1.54, 1.807) is 13.2 Å². The summed E-state index contributed by atoms with van der Waals surface area (Å²) in [5, 5.41) is 7.60. The largest absolute Gasteiger partial charge is 0.381 e. The summed E-state index contributed by atoms with van der Waals surface area (Å²) in [7, 11) is 1.67. The van der Waals surface area contributed by atoms with E-state index in [9.17, 15) is 4.79 Å². The highest BCUT2D eigenvalue weighted by Gasteiger charge is 2.39. The average molecular weight is 387 g/mol. The van der Waals surface area contributed by atoms with Crippen LogP contribution in [0.5, 0.6) is 0 Å². The quantitative estimate of drug-likeness (QED) is 0.860. The van der Waals surface area contributed by atoms with Gasteiger partial charge in [-0.1, -0.05) is 12.8 Å². The Labute approximate surface area is 144 Å². The van der Waals surface area contributed by atoms with Crippen molar-refractivity contribution in [2.75, 3.05) is 36.5 Å². The Bertz CT molecular complexity index is 579. The molecular formula is C15H23BrN4OS. The second kappa shape index (κ2) is 6.93. The minimum atomic E-state index is -0.0974. The van der Waals surface area contributed by atoms with Crippen molar-refractivity contribution in [1.82, 2.24) is 14.7 Å². The van der Waals surface area contributed by atoms with Crippen LogP contribution < -0.4 is 10.9 Å². The van der Waals surface area contributed by atoms with Gasteiger partial charge in [-0.25, -0.2) is 4.68 Å². The van der Waals surface area contributed by atoms with Gasteiger partial charge in [-0.15, -0.1) is 0 Å². The fourth-order valence-electron chi connectivity index (χ4n) is 3.57. The molecule has 1 N–H and O–H groups in total. The molecule has 0 spiro atoms. The Hall–Kier alpha value is -0.530. The van der Waals surface area contributed by atoms with Crippen LogP contribution in [0.4, 0.5) is 5.69 Å². The van der Waals surface area contributed by atoms with Crippen molar-refractivity contribution in [3.05, 3.63) is 21.0 Å². The van der Waals surface area contributed by atoms with Crippen LogP contribution in [0, 0.1) is 0 Å². The molecule has 1 aromatic heterocycles. The summed E-state index contributed by atoms with van der Waals surface area (Å²) in [5.74, 6) is 2.47. The molecule has 1 aromatic rings. The molecule has 1 aliphatic heterocycles. The topological polar surface area (TPSA) is 50.2 Å². The second-order valence-electron chi connectivity index (χ2n) is 6.19. The van der Waals surface area contributed by atoms with E-state index in [-0.39, 0.29) is 11.1 Å². The molecule has 0 aromatic carbocycles. The lowest BCUT2D eigenvalue weighted by Crippen LogP contribution is -2.54. The maximum Gasteiger partial charge on any atom is 0.282 e. The minimum absolute atomic E-state index is 0.0974. The molecule has 122 valence electrons. The fourth-order valence-corrected chi connectivity index (χ4v) is 4.97. The van der Waals surface area contributed by atoms with Crippen LogP contribution in [0.1, 0.15) is 25.7 Å². The molecule has 2 aliphatic rings. The first kappa shape index (κ1) is 16.3. The standard InChI is InChI=1S/C15H23BrN4OS/c1-19-14(21)13(16)12(10-18-19)17-11-15(4-2-3-5-15)20-6-8-22-9-7-20/h10,17H,2-9,11H2,1H3. The molecule has 22 heavy (non-hydrogen) atoms. The van der Waals surface area contributed by atoms with Gasteiger partial charge in [0.2, 0.25) is 0 Å². The minimum Gasteiger partial charge on any atom is -0.381 e. The third-order valence-corrected chi connectivity index (χ3v) is 6.61. The zero-order valence-electron chi connectivity index (χ0n) is 13.0. The molecule has 1 saturated carbocycles. The molecule has 0 amide bonds. The predicted molar refractivity (Wildman–Crippen MR) is 95.8 cm³/mol. The van der Waals surface area contributed by atoms with Gasteiger partial charge in [0, 0.05) is 43.7 Å². The predicted octanol–water partition coefficient (Wildman–Crippen LogP) is 2.32. The SMILES string of the molecule is Cn1ncc(NCC2(N3CCSCC3)CCCC2)c(Br)c1=O. The zero-order chi connectivity index (χ0) is 15.6. The molecule has 2 heterocycles. The van der Waals surface area contributed by atoms with Gasteiger partial charge in [0.1, 0.15) is 4.47 Å². The van der Waals surface area contributed by atoms with Crippen molar-refractivity contribution >= 4 is 33.4 Å². The van der Waals surface area contributed by atoms with E-state index in [0.29, 0.717) is 4.47 Å². The lowest BCUT2D eigenvalue weighted by atomic mass is 9.94. The van der Waals surface area contributed by atoms with Crippen molar-refractivity contribution in [2.24, 2.45) is 7.05 Å². The van der Waals surface area contributed by atoms with E-state index in [1.807, 2.05) is 0 Å². The number of rotatable bonds is 4. The van der Waals surface area contributed by atoms with Crippen molar-refractivity contribution in [3.8, 4) is 0 Å². The number of nitrogens with zero attached hydrogens (tertiary/aromatic N) is 3. The summed E-state index contributed by atoms with van der Waals surface area (Å²) in [6.07, 6.45) is 6.85. The van der Waals surface area contributed by atoms with E-state index in [4.69, 9.17) is 0 Å². The number of halogens is 1. The first-order valence-electron chi connectivity index (χ1n) is 7.91. The molecule has 7 heteroatoms. The van der Waals surface area contributed by atoms with E-state index >= 15 is 0 Å². The van der Waals surface area contributed by atoms with Gasteiger partial charge in [-0.2, -0.15) is 16.9 Å². The third kappa shape index (κ3) is 3.21. The lowest BCUT2D eigenvalue weighted by Gasteiger charge is -2.43. The summed E-state index contributed by atoms with van der Waals surface area (Å²) in [6, 6.07) is 0. The molecule has 1 saturated heterocycles. The molecule has 1 aliphatic carbocycles. The Morgan fingerprint density at radius 3 is 2.73 bits per heavy atom. The summed E-state index contributed by atoms with van der Waals surface area (Å²) >= 11 is 5.45. The van der Waals surface area contributed by atoms with Gasteiger partial charge in [0.15, 0.2) is 0 Å². The summed E-state index contributed by atoms with van der Waals surface area (Å²) in [6.45, 7) is 3.26. The lowest BCUT2D eigenvalue weighted by molar-refractivity contribution is 0.116. The first-order valence-corrected chi connectivity index (χ1v) is 9.86. The van der Waals surface area contributed by atoms with Crippen LogP contribution in [-0.4, -0.2) is 51.4 Å². The maximum atomic E-state index is 12.0. The molecule has 2 fully saturated rings. The van der Waals surface area contributed by atoms with Gasteiger partial charge in [-0.05, 0) is 28.8 Å². The van der Waals surface area contributed by atoms with Crippen molar-refractivity contribution < 1.29 is 0 Å².